The summed E-state index contributed by atoms with van der Waals surface area (Å²) in [5.41, 5.74) is -0.0446. The van der Waals surface area contributed by atoms with Crippen LogP contribution in [-0.4, -0.2) is 107 Å². The molecule has 0 bridgehead atoms. The van der Waals surface area contributed by atoms with Crippen LogP contribution in [0.4, 0.5) is 0 Å². The van der Waals surface area contributed by atoms with E-state index in [1.54, 1.807) is 24.2 Å². The third-order valence-corrected chi connectivity index (χ3v) is 12.5. The maximum Gasteiger partial charge on any atom is 0.262 e. The average Bonchev–Trinajstić information content (AvgIpc) is 4.08. The summed E-state index contributed by atoms with van der Waals surface area (Å²) >= 11 is 6.17. The smallest absolute Gasteiger partial charge is 0.262 e. The molecule has 3 aromatic rings. The van der Waals surface area contributed by atoms with E-state index in [2.05, 4.69) is 11.9 Å². The summed E-state index contributed by atoms with van der Waals surface area (Å²) in [6.07, 6.45) is 2.14. The minimum Gasteiger partial charge on any atom is -0.497 e. The number of likely N-dealkylation sites (tertiary alicyclic amines) is 2. The lowest BCUT2D eigenvalue weighted by molar-refractivity contribution is -0.149. The summed E-state index contributed by atoms with van der Waals surface area (Å²) in [4.78, 5) is 64.6. The molecule has 2 saturated carbocycles. The van der Waals surface area contributed by atoms with Crippen molar-refractivity contribution in [2.45, 2.75) is 82.0 Å². The zero-order valence-electron chi connectivity index (χ0n) is 32.0. The lowest BCUT2D eigenvalue weighted by atomic mass is 9.77. The molecular weight excluding hydrogens is 758 g/mol. The Morgan fingerprint density at radius 2 is 1.80 bits per heavy atom. The molecule has 5 atom stereocenters. The second-order valence-corrected chi connectivity index (χ2v) is 17.9. The summed E-state index contributed by atoms with van der Waals surface area (Å²) in [6.45, 7) is 10.3. The minimum absolute atomic E-state index is 0.0122. The number of nitrogens with one attached hydrogen (secondary N) is 1. The largest absolute Gasteiger partial charge is 0.497 e. The van der Waals surface area contributed by atoms with Crippen LogP contribution in [0.15, 0.2) is 67.3 Å². The first-order chi connectivity index (χ1) is 26.6. The molecule has 0 radical (unpaired) electrons. The van der Waals surface area contributed by atoms with Gasteiger partial charge in [0.15, 0.2) is 0 Å². The Hall–Kier alpha value is -4.69. The quantitative estimate of drug-likeness (QED) is 0.146. The van der Waals surface area contributed by atoms with Crippen LogP contribution in [0, 0.1) is 17.3 Å². The van der Waals surface area contributed by atoms with Gasteiger partial charge in [-0.3, -0.25) is 19.2 Å². The molecule has 15 heteroatoms. The number of pyridine rings is 1. The lowest BCUT2D eigenvalue weighted by Gasteiger charge is -2.39. The van der Waals surface area contributed by atoms with E-state index in [0.717, 1.165) is 9.87 Å². The predicted molar refractivity (Wildman–Crippen MR) is 211 cm³/mol. The number of hydrogen-bond acceptors (Lipinski definition) is 9. The molecule has 0 spiro atoms. The molecule has 4 aliphatic rings. The van der Waals surface area contributed by atoms with Crippen LogP contribution in [0.25, 0.3) is 22.2 Å². The van der Waals surface area contributed by atoms with Crippen LogP contribution in [0.1, 0.15) is 52.9 Å². The number of carbonyl (C=O) groups excluding carboxylic acids is 4. The number of fused-ring (bicyclic) bond motifs is 1. The number of benzene rings is 2. The predicted octanol–water partition coefficient (Wildman–Crippen LogP) is 4.34. The number of amides is 4. The monoisotopic (exact) mass is 805 g/mol. The van der Waals surface area contributed by atoms with E-state index in [9.17, 15) is 27.6 Å². The third kappa shape index (κ3) is 7.82. The second-order valence-electron chi connectivity index (χ2n) is 16.4. The zero-order valence-corrected chi connectivity index (χ0v) is 33.6. The van der Waals surface area contributed by atoms with Crippen LogP contribution in [0.5, 0.6) is 11.5 Å². The van der Waals surface area contributed by atoms with Crippen LogP contribution in [0.2, 0.25) is 0 Å². The summed E-state index contributed by atoms with van der Waals surface area (Å²) in [6, 6.07) is 15.4. The maximum absolute atomic E-state index is 14.8. The number of nitrogens with zero attached hydrogens (tertiary/aromatic N) is 4. The maximum atomic E-state index is 14.8. The van der Waals surface area contributed by atoms with Crippen molar-refractivity contribution in [1.29, 1.82) is 0 Å². The first-order valence-corrected chi connectivity index (χ1v) is 20.6. The Balaban J connectivity index is 1.22. The molecule has 3 heterocycles. The highest BCUT2D eigenvalue weighted by atomic mass is 35.5. The second kappa shape index (κ2) is 15.3. The molecule has 13 nitrogen and oxygen atoms in total. The molecule has 56 heavy (non-hydrogen) atoms. The van der Waals surface area contributed by atoms with Gasteiger partial charge in [-0.15, -0.1) is 18.2 Å². The normalized spacial score (nSPS) is 24.0. The Morgan fingerprint density at radius 3 is 2.39 bits per heavy atom. The highest BCUT2D eigenvalue weighted by Crippen LogP contribution is 2.48. The van der Waals surface area contributed by atoms with Crippen molar-refractivity contribution in [2.24, 2.45) is 17.3 Å². The van der Waals surface area contributed by atoms with Crippen LogP contribution < -0.4 is 14.8 Å². The summed E-state index contributed by atoms with van der Waals surface area (Å²) < 4.78 is 37.6. The SMILES string of the molecule is C=CC1C[C@]1(NC(=O)[C@@H]1C[C@@H](Oc2cc(-c3ccccc3)nc3cc(OC)ccc23)CN1C(=O)[C@@H](CC(=O)N1CC(Cl)C1)C(C)(C)C)C(=O)N(C1CC1)[SH](=O)=O. The standard InChI is InChI=1S/C41H48ClN5O8S/c1-6-25-20-41(25,39(51)47(56(52)53)27-12-13-27)44-37(49)34-17-29(23-46(34)38(50)31(40(2,3)4)18-36(48)45-21-26(42)22-45)55-35-19-32(24-10-8-7-9-11-24)43-33-16-28(54-5)14-15-30(33)35/h6-11,14-16,19,25-27,29,31,34,56H,1,12-13,17-18,20-23H2,2-5H3,(H,44,49)/t25?,29-,31-,34+,41-/m1/s1. The van der Waals surface area contributed by atoms with E-state index in [-0.39, 0.29) is 37.1 Å². The van der Waals surface area contributed by atoms with Crippen molar-refractivity contribution in [3.63, 3.8) is 0 Å². The van der Waals surface area contributed by atoms with Gasteiger partial charge >= 0.3 is 0 Å². The molecule has 7 rings (SSSR count). The van der Waals surface area contributed by atoms with Gasteiger partial charge in [0.1, 0.15) is 29.2 Å². The fourth-order valence-corrected chi connectivity index (χ4v) is 8.98. The highest BCUT2D eigenvalue weighted by molar-refractivity contribution is 7.70. The molecule has 1 unspecified atom stereocenters. The minimum atomic E-state index is -3.24. The van der Waals surface area contributed by atoms with Crippen molar-refractivity contribution in [2.75, 3.05) is 26.7 Å². The fourth-order valence-electron chi connectivity index (χ4n) is 7.82. The van der Waals surface area contributed by atoms with E-state index in [1.807, 2.05) is 69.3 Å². The number of hydrogen-bond donors (Lipinski definition) is 2. The van der Waals surface area contributed by atoms with E-state index in [1.165, 1.54) is 4.90 Å². The number of rotatable bonds is 13. The highest BCUT2D eigenvalue weighted by Gasteiger charge is 2.63. The number of alkyl halides is 1. The van der Waals surface area contributed by atoms with Crippen molar-refractivity contribution < 1.29 is 37.1 Å². The summed E-state index contributed by atoms with van der Waals surface area (Å²) in [5, 5.41) is 3.47. The fraction of sp³-hybridized carbons (Fsp3) is 0.488. The Kier molecular flexibility index (Phi) is 10.8. The van der Waals surface area contributed by atoms with Gasteiger partial charge in [0, 0.05) is 61.0 Å². The summed E-state index contributed by atoms with van der Waals surface area (Å²) in [5.74, 6) is -2.09. The van der Waals surface area contributed by atoms with Gasteiger partial charge in [-0.25, -0.2) is 17.7 Å². The van der Waals surface area contributed by atoms with E-state index in [0.29, 0.717) is 54.0 Å². The number of aromatic nitrogens is 1. The van der Waals surface area contributed by atoms with E-state index < -0.39 is 69.6 Å². The number of thiol groups is 1. The topological polar surface area (TPSA) is 156 Å². The van der Waals surface area contributed by atoms with Gasteiger partial charge in [0.2, 0.25) is 28.6 Å². The number of ether oxygens (including phenoxy) is 2. The first kappa shape index (κ1) is 39.5. The molecule has 1 N–H and O–H groups in total. The zero-order chi connectivity index (χ0) is 40.1. The lowest BCUT2D eigenvalue weighted by Crippen LogP contribution is -2.57. The average molecular weight is 806 g/mol. The molecule has 1 aromatic heterocycles. The summed E-state index contributed by atoms with van der Waals surface area (Å²) in [7, 11) is -1.66. The molecule has 2 aliphatic carbocycles. The van der Waals surface area contributed by atoms with E-state index in [4.69, 9.17) is 26.1 Å². The molecular formula is C41H48ClN5O8S. The molecule has 4 amide bonds. The van der Waals surface area contributed by atoms with Gasteiger partial charge < -0.3 is 24.6 Å². The third-order valence-electron chi connectivity index (χ3n) is 11.4. The van der Waals surface area contributed by atoms with Gasteiger partial charge in [-0.2, -0.15) is 0 Å². The van der Waals surface area contributed by atoms with Gasteiger partial charge in [-0.05, 0) is 36.8 Å². The van der Waals surface area contributed by atoms with Crippen LogP contribution >= 0.6 is 11.6 Å². The Bertz CT molecular complexity index is 2120. The molecule has 298 valence electrons. The first-order valence-electron chi connectivity index (χ1n) is 19.0. The number of carbonyl (C=O) groups is 4. The number of methoxy groups -OCH3 is 1. The van der Waals surface area contributed by atoms with Crippen molar-refractivity contribution in [1.82, 2.24) is 24.4 Å². The van der Waals surface area contributed by atoms with Crippen molar-refractivity contribution in [3.8, 4) is 22.8 Å². The molecule has 4 fully saturated rings. The van der Waals surface area contributed by atoms with Gasteiger partial charge in [-0.1, -0.05) is 57.2 Å². The van der Waals surface area contributed by atoms with Gasteiger partial charge in [0.05, 0.1) is 36.2 Å². The Morgan fingerprint density at radius 1 is 1.09 bits per heavy atom. The van der Waals surface area contributed by atoms with Crippen LogP contribution in [-0.2, 0) is 30.1 Å². The molecule has 2 saturated heterocycles. The van der Waals surface area contributed by atoms with Crippen molar-refractivity contribution in [3.05, 3.63) is 67.3 Å². The molecule has 2 aromatic carbocycles. The van der Waals surface area contributed by atoms with Crippen molar-refractivity contribution >= 4 is 57.0 Å². The van der Waals surface area contributed by atoms with E-state index >= 15 is 0 Å². The number of halogens is 1. The van der Waals surface area contributed by atoms with Crippen LogP contribution in [0.3, 0.4) is 0 Å². The molecule has 2 aliphatic heterocycles. The Labute approximate surface area is 333 Å². The van der Waals surface area contributed by atoms with Gasteiger partial charge in [0.25, 0.3) is 5.91 Å².